The predicted octanol–water partition coefficient (Wildman–Crippen LogP) is 4.91. The van der Waals surface area contributed by atoms with E-state index in [4.69, 9.17) is 15.2 Å². The lowest BCUT2D eigenvalue weighted by molar-refractivity contribution is -0.144. The number of aliphatic hydroxyl groups is 1. The molecule has 1 aromatic heterocycles. The maximum Gasteiger partial charge on any atom is 0.407 e. The van der Waals surface area contributed by atoms with Gasteiger partial charge in [0.1, 0.15) is 17.7 Å². The van der Waals surface area contributed by atoms with Crippen LogP contribution in [0.1, 0.15) is 104 Å². The van der Waals surface area contributed by atoms with Gasteiger partial charge in [-0.2, -0.15) is 0 Å². The average Bonchev–Trinajstić information content (AvgIpc) is 3.72. The fourth-order valence-electron chi connectivity index (χ4n) is 6.19. The molecule has 310 valence electrons. The molecule has 1 saturated heterocycles. The Morgan fingerprint density at radius 1 is 1.02 bits per heavy atom. The Hall–Kier alpha value is -4.34. The van der Waals surface area contributed by atoms with Crippen LogP contribution < -0.4 is 21.7 Å². The number of β-amino-alcohol motifs (C(OH)–C–C–N with tert-alkyl or cyclic N) is 1. The van der Waals surface area contributed by atoms with Crippen LogP contribution in [-0.2, 0) is 35.2 Å². The molecule has 0 aliphatic carbocycles. The maximum absolute atomic E-state index is 13.9. The number of primary amides is 1. The number of nitrogens with zero attached hydrogens (tertiary/aromatic N) is 2. The third-order valence-corrected chi connectivity index (χ3v) is 10.1. The molecular formula is C41H62N6O8S. The molecule has 1 aromatic carbocycles. The Kier molecular flexibility index (Phi) is 17.9. The molecule has 1 aliphatic rings. The Bertz CT molecular complexity index is 1630. The highest BCUT2D eigenvalue weighted by Gasteiger charge is 2.44. The molecular weight excluding hydrogens is 737 g/mol. The van der Waals surface area contributed by atoms with Gasteiger partial charge in [-0.15, -0.1) is 11.3 Å². The number of nitrogens with one attached hydrogen (secondary N) is 3. The van der Waals surface area contributed by atoms with Crippen LogP contribution in [0.3, 0.4) is 0 Å². The minimum absolute atomic E-state index is 0.0136. The summed E-state index contributed by atoms with van der Waals surface area (Å²) < 4.78 is 11.0. The van der Waals surface area contributed by atoms with Crippen LogP contribution in [0.2, 0.25) is 0 Å². The number of unbranched alkanes of at least 4 members (excludes halogenated alkanes) is 3. The number of likely N-dealkylation sites (tertiary alicyclic amines) is 1. The summed E-state index contributed by atoms with van der Waals surface area (Å²) in [4.78, 5) is 70.5. The molecule has 15 heteroatoms. The third kappa shape index (κ3) is 16.0. The number of carbonyl (C=O) groups is 5. The number of nitrogens with two attached hydrogens (primary N) is 1. The molecule has 2 aromatic rings. The summed E-state index contributed by atoms with van der Waals surface area (Å²) in [6, 6.07) is 5.73. The van der Waals surface area contributed by atoms with Crippen molar-refractivity contribution >= 4 is 41.1 Å². The highest BCUT2D eigenvalue weighted by atomic mass is 32.1. The molecule has 0 unspecified atom stereocenters. The standard InChI is InChI=1S/C41H62N6O8S/c1-27-35(56-26-44-27)29-17-15-28(16-18-29)23-43-37(51)32-22-31(48)24-47(32)38(52)36(40(2,3)4)46-34(50)14-12-10-8-9-11-13-21-54-25-30(19-20-33(42)49)45-39(53)55-41(5,6)7/h11,13,15-18,26,30-32,36,48H,8-10,12,14,19-25H2,1-7H3,(H2,42,49)(H,43,51)(H,45,53)(H,46,50)/b13-11-/t30-,31+,32-,36+/m1/s1. The molecule has 0 saturated carbocycles. The molecule has 56 heavy (non-hydrogen) atoms. The summed E-state index contributed by atoms with van der Waals surface area (Å²) in [6.07, 6.45) is 6.33. The van der Waals surface area contributed by atoms with Crippen molar-refractivity contribution < 1.29 is 38.6 Å². The number of ether oxygens (including phenoxy) is 2. The molecule has 3 rings (SSSR count). The molecule has 1 fully saturated rings. The topological polar surface area (TPSA) is 202 Å². The predicted molar refractivity (Wildman–Crippen MR) is 216 cm³/mol. The first-order chi connectivity index (χ1) is 26.3. The van der Waals surface area contributed by atoms with Crippen molar-refractivity contribution in [1.82, 2.24) is 25.8 Å². The van der Waals surface area contributed by atoms with Crippen LogP contribution in [-0.4, -0.2) is 94.3 Å². The van der Waals surface area contributed by atoms with Gasteiger partial charge in [0, 0.05) is 32.4 Å². The van der Waals surface area contributed by atoms with Gasteiger partial charge >= 0.3 is 6.09 Å². The molecule has 0 spiro atoms. The minimum atomic E-state index is -0.879. The van der Waals surface area contributed by atoms with Crippen LogP contribution in [0, 0.1) is 12.3 Å². The number of aryl methyl sites for hydroxylation is 1. The van der Waals surface area contributed by atoms with Crippen molar-refractivity contribution in [2.45, 2.75) is 136 Å². The summed E-state index contributed by atoms with van der Waals surface area (Å²) in [6.45, 7) is 13.7. The highest BCUT2D eigenvalue weighted by molar-refractivity contribution is 7.13. The molecule has 14 nitrogen and oxygen atoms in total. The summed E-state index contributed by atoms with van der Waals surface area (Å²) in [5, 5.41) is 19.1. The lowest BCUT2D eigenvalue weighted by Crippen LogP contribution is -2.57. The fourth-order valence-corrected chi connectivity index (χ4v) is 7.00. The number of allylic oxidation sites excluding steroid dienone is 1. The van der Waals surface area contributed by atoms with Crippen LogP contribution in [0.5, 0.6) is 0 Å². The summed E-state index contributed by atoms with van der Waals surface area (Å²) in [7, 11) is 0. The van der Waals surface area contributed by atoms with Crippen molar-refractivity contribution in [2.24, 2.45) is 11.1 Å². The first kappa shape index (κ1) is 46.0. The second-order valence-electron chi connectivity index (χ2n) is 16.4. The SMILES string of the molecule is Cc1ncsc1-c1ccc(CNC(=O)[C@H]2C[C@H](O)CN2C(=O)[C@H](NC(=O)CCCCC/C=C\COC[C@@H](CCC(N)=O)NC(=O)OC(C)(C)C)C(C)(C)C)cc1. The van der Waals surface area contributed by atoms with Crippen LogP contribution in [0.15, 0.2) is 41.9 Å². The van der Waals surface area contributed by atoms with E-state index >= 15 is 0 Å². The Labute approximate surface area is 335 Å². The van der Waals surface area contributed by atoms with Crippen molar-refractivity contribution in [3.05, 3.63) is 53.2 Å². The molecule has 6 N–H and O–H groups in total. The zero-order chi connectivity index (χ0) is 41.5. The molecule has 0 bridgehead atoms. The van der Waals surface area contributed by atoms with Gasteiger partial charge < -0.3 is 41.2 Å². The smallest absolute Gasteiger partial charge is 0.407 e. The second-order valence-corrected chi connectivity index (χ2v) is 17.3. The van der Waals surface area contributed by atoms with Crippen LogP contribution >= 0.6 is 11.3 Å². The normalized spacial score (nSPS) is 17.0. The summed E-state index contributed by atoms with van der Waals surface area (Å²) in [5.41, 5.74) is 8.72. The van der Waals surface area contributed by atoms with E-state index in [1.54, 1.807) is 32.1 Å². The lowest BCUT2D eigenvalue weighted by Gasteiger charge is -2.35. The lowest BCUT2D eigenvalue weighted by atomic mass is 9.85. The Morgan fingerprint density at radius 2 is 1.73 bits per heavy atom. The summed E-state index contributed by atoms with van der Waals surface area (Å²) >= 11 is 1.57. The number of alkyl carbamates (subject to hydrolysis) is 1. The number of hydrogen-bond donors (Lipinski definition) is 5. The number of aliphatic hydroxyl groups excluding tert-OH is 1. The number of carbonyl (C=O) groups excluding carboxylic acids is 5. The van der Waals surface area contributed by atoms with E-state index in [0.29, 0.717) is 19.4 Å². The monoisotopic (exact) mass is 798 g/mol. The zero-order valence-electron chi connectivity index (χ0n) is 34.0. The molecule has 1 aliphatic heterocycles. The quantitative estimate of drug-likeness (QED) is 0.0912. The van der Waals surface area contributed by atoms with Gasteiger partial charge in [0.2, 0.25) is 23.6 Å². The van der Waals surface area contributed by atoms with Gasteiger partial charge in [0.15, 0.2) is 0 Å². The minimum Gasteiger partial charge on any atom is -0.444 e. The fraction of sp³-hybridized carbons (Fsp3) is 0.610. The van der Waals surface area contributed by atoms with E-state index in [-0.39, 0.29) is 56.7 Å². The maximum atomic E-state index is 13.9. The van der Waals surface area contributed by atoms with Crippen LogP contribution in [0.4, 0.5) is 4.79 Å². The largest absolute Gasteiger partial charge is 0.444 e. The van der Waals surface area contributed by atoms with Gasteiger partial charge in [-0.05, 0) is 69.9 Å². The molecule has 5 amide bonds. The molecule has 0 radical (unpaired) electrons. The molecule has 4 atom stereocenters. The van der Waals surface area contributed by atoms with E-state index in [1.165, 1.54) is 4.90 Å². The zero-order valence-corrected chi connectivity index (χ0v) is 34.8. The first-order valence-corrected chi connectivity index (χ1v) is 20.3. The van der Waals surface area contributed by atoms with E-state index < -0.39 is 47.2 Å². The van der Waals surface area contributed by atoms with Crippen molar-refractivity contribution in [3.8, 4) is 10.4 Å². The van der Waals surface area contributed by atoms with E-state index in [1.807, 2.05) is 69.6 Å². The number of aromatic nitrogens is 1. The highest BCUT2D eigenvalue weighted by Crippen LogP contribution is 2.28. The van der Waals surface area contributed by atoms with E-state index in [9.17, 15) is 29.1 Å². The second kappa shape index (κ2) is 21.8. The van der Waals surface area contributed by atoms with E-state index in [0.717, 1.165) is 41.0 Å². The van der Waals surface area contributed by atoms with Crippen molar-refractivity contribution in [3.63, 3.8) is 0 Å². The number of hydrogen-bond acceptors (Lipinski definition) is 10. The first-order valence-electron chi connectivity index (χ1n) is 19.4. The van der Waals surface area contributed by atoms with Crippen molar-refractivity contribution in [1.29, 1.82) is 0 Å². The Morgan fingerprint density at radius 3 is 2.36 bits per heavy atom. The molecule has 2 heterocycles. The van der Waals surface area contributed by atoms with Crippen molar-refractivity contribution in [2.75, 3.05) is 19.8 Å². The van der Waals surface area contributed by atoms with Gasteiger partial charge in [-0.25, -0.2) is 9.78 Å². The number of amides is 5. The number of rotatable bonds is 20. The van der Waals surface area contributed by atoms with Crippen LogP contribution in [0.25, 0.3) is 10.4 Å². The van der Waals surface area contributed by atoms with Gasteiger partial charge in [-0.3, -0.25) is 19.2 Å². The van der Waals surface area contributed by atoms with Gasteiger partial charge in [-0.1, -0.05) is 63.6 Å². The number of benzene rings is 1. The van der Waals surface area contributed by atoms with Gasteiger partial charge in [0.05, 0.1) is 41.4 Å². The van der Waals surface area contributed by atoms with Gasteiger partial charge in [0.25, 0.3) is 0 Å². The Balaban J connectivity index is 1.41. The number of thiazole rings is 1. The average molecular weight is 799 g/mol. The van der Waals surface area contributed by atoms with E-state index in [2.05, 4.69) is 20.9 Å². The summed E-state index contributed by atoms with van der Waals surface area (Å²) in [5.74, 6) is -1.45. The third-order valence-electron chi connectivity index (χ3n) is 9.15.